The Morgan fingerprint density at radius 3 is 2.94 bits per heavy atom. The van der Waals surface area contributed by atoms with E-state index in [1.165, 1.54) is 5.56 Å². The van der Waals surface area contributed by atoms with Crippen molar-refractivity contribution in [1.29, 1.82) is 0 Å². The van der Waals surface area contributed by atoms with Crippen LogP contribution in [0.2, 0.25) is 0 Å². The van der Waals surface area contributed by atoms with Crippen molar-refractivity contribution in [3.63, 3.8) is 0 Å². The van der Waals surface area contributed by atoms with Gasteiger partial charge in [0.1, 0.15) is 0 Å². The molecule has 1 aliphatic rings. The van der Waals surface area contributed by atoms with Gasteiger partial charge in [-0.1, -0.05) is 13.0 Å². The Balaban J connectivity index is 2.29. The van der Waals surface area contributed by atoms with Crippen molar-refractivity contribution in [2.45, 2.75) is 39.3 Å². The first-order valence-electron chi connectivity index (χ1n) is 6.32. The molecule has 1 aromatic carbocycles. The third kappa shape index (κ3) is 1.60. The predicted octanol–water partition coefficient (Wildman–Crippen LogP) is 2.16. The highest BCUT2D eigenvalue weighted by Crippen LogP contribution is 2.24. The fraction of sp³-hybridized carbons (Fsp3) is 0.429. The van der Waals surface area contributed by atoms with E-state index in [9.17, 15) is 4.79 Å². The second-order valence-electron chi connectivity index (χ2n) is 5.54. The summed E-state index contributed by atoms with van der Waals surface area (Å²) in [6.07, 6.45) is 0.953. The lowest BCUT2D eigenvalue weighted by Crippen LogP contribution is -2.29. The van der Waals surface area contributed by atoms with Crippen LogP contribution in [-0.4, -0.2) is 15.1 Å². The zero-order valence-corrected chi connectivity index (χ0v) is 10.9. The maximum absolute atomic E-state index is 12.4. The molecule has 1 aliphatic heterocycles. The maximum Gasteiger partial charge on any atom is 0.262 e. The number of anilines is 1. The Labute approximate surface area is 106 Å². The average molecular weight is 243 g/mol. The van der Waals surface area contributed by atoms with Gasteiger partial charge in [-0.3, -0.25) is 9.36 Å². The Bertz CT molecular complexity index is 685. The largest absolute Gasteiger partial charge is 0.349 e. The molecular weight excluding hydrogens is 226 g/mol. The summed E-state index contributed by atoms with van der Waals surface area (Å²) in [6.45, 7) is 6.91. The number of hydrogen-bond donors (Lipinski definition) is 1. The van der Waals surface area contributed by atoms with Gasteiger partial charge in [-0.15, -0.1) is 0 Å². The molecule has 18 heavy (non-hydrogen) atoms. The molecule has 3 rings (SSSR count). The Hall–Kier alpha value is -1.84. The molecule has 1 N–H and O–H groups in total. The van der Waals surface area contributed by atoms with E-state index in [1.54, 1.807) is 4.57 Å². The van der Waals surface area contributed by atoms with Crippen LogP contribution in [0.5, 0.6) is 0 Å². The summed E-state index contributed by atoms with van der Waals surface area (Å²) < 4.78 is 1.73. The van der Waals surface area contributed by atoms with Gasteiger partial charge in [-0.2, -0.15) is 0 Å². The molecule has 0 saturated carbocycles. The van der Waals surface area contributed by atoms with Crippen molar-refractivity contribution < 1.29 is 0 Å². The van der Waals surface area contributed by atoms with E-state index in [4.69, 9.17) is 0 Å². The smallest absolute Gasteiger partial charge is 0.262 e. The van der Waals surface area contributed by atoms with Crippen LogP contribution in [0.3, 0.4) is 0 Å². The molecule has 94 valence electrons. The van der Waals surface area contributed by atoms with Crippen LogP contribution in [0.25, 0.3) is 10.9 Å². The molecule has 0 aliphatic carbocycles. The summed E-state index contributed by atoms with van der Waals surface area (Å²) in [6, 6.07) is 5.90. The highest BCUT2D eigenvalue weighted by atomic mass is 16.1. The van der Waals surface area contributed by atoms with Crippen molar-refractivity contribution in [3.05, 3.63) is 34.1 Å². The summed E-state index contributed by atoms with van der Waals surface area (Å²) in [7, 11) is 0. The van der Waals surface area contributed by atoms with E-state index in [0.29, 0.717) is 17.9 Å². The minimum absolute atomic E-state index is 0.0516. The quantitative estimate of drug-likeness (QED) is 0.835. The van der Waals surface area contributed by atoms with Crippen LogP contribution < -0.4 is 10.9 Å². The molecule has 4 heteroatoms. The van der Waals surface area contributed by atoms with E-state index in [1.807, 2.05) is 18.2 Å². The molecule has 1 aromatic heterocycles. The van der Waals surface area contributed by atoms with Gasteiger partial charge in [-0.25, -0.2) is 4.98 Å². The summed E-state index contributed by atoms with van der Waals surface area (Å²) in [5.41, 5.74) is 1.94. The van der Waals surface area contributed by atoms with Gasteiger partial charge in [0.25, 0.3) is 5.56 Å². The number of nitrogens with zero attached hydrogens (tertiary/aromatic N) is 2. The topological polar surface area (TPSA) is 46.9 Å². The number of nitrogens with one attached hydrogen (secondary N) is 1. The first-order chi connectivity index (χ1) is 8.50. The van der Waals surface area contributed by atoms with Gasteiger partial charge in [0.2, 0.25) is 5.95 Å². The minimum atomic E-state index is -0.107. The van der Waals surface area contributed by atoms with Crippen molar-refractivity contribution in [2.75, 3.05) is 5.32 Å². The van der Waals surface area contributed by atoms with Gasteiger partial charge in [0, 0.05) is 0 Å². The first-order valence-corrected chi connectivity index (χ1v) is 6.32. The molecular formula is C14H17N3O. The van der Waals surface area contributed by atoms with Gasteiger partial charge < -0.3 is 5.32 Å². The van der Waals surface area contributed by atoms with E-state index in [2.05, 4.69) is 31.1 Å². The van der Waals surface area contributed by atoms with Crippen LogP contribution >= 0.6 is 0 Å². The zero-order chi connectivity index (χ0) is 12.9. The number of aromatic nitrogens is 2. The lowest BCUT2D eigenvalue weighted by Gasteiger charge is -2.15. The van der Waals surface area contributed by atoms with Crippen molar-refractivity contribution in [3.8, 4) is 0 Å². The highest BCUT2D eigenvalue weighted by Gasteiger charge is 2.29. The fourth-order valence-corrected chi connectivity index (χ4v) is 2.47. The SMILES string of the molecule is CCc1ccc2c(=O)n3c(nc2c1)NC(C)(C)C3. The van der Waals surface area contributed by atoms with Crippen molar-refractivity contribution in [1.82, 2.24) is 9.55 Å². The monoisotopic (exact) mass is 243 g/mol. The first kappa shape index (κ1) is 11.3. The van der Waals surface area contributed by atoms with Crippen LogP contribution in [0.1, 0.15) is 26.3 Å². The van der Waals surface area contributed by atoms with Gasteiger partial charge >= 0.3 is 0 Å². The van der Waals surface area contributed by atoms with E-state index in [0.717, 1.165) is 11.9 Å². The number of fused-ring (bicyclic) bond motifs is 2. The maximum atomic E-state index is 12.4. The third-order valence-electron chi connectivity index (χ3n) is 3.43. The number of rotatable bonds is 1. The number of aryl methyl sites for hydroxylation is 1. The predicted molar refractivity (Wildman–Crippen MR) is 73.1 cm³/mol. The highest BCUT2D eigenvalue weighted by molar-refractivity contribution is 5.79. The minimum Gasteiger partial charge on any atom is -0.349 e. The summed E-state index contributed by atoms with van der Waals surface area (Å²) >= 11 is 0. The molecule has 2 aromatic rings. The van der Waals surface area contributed by atoms with Crippen LogP contribution in [0, 0.1) is 0 Å². The Morgan fingerprint density at radius 1 is 1.44 bits per heavy atom. The molecule has 2 heterocycles. The van der Waals surface area contributed by atoms with E-state index >= 15 is 0 Å². The second kappa shape index (κ2) is 3.57. The molecule has 0 fully saturated rings. The number of benzene rings is 1. The Kier molecular flexibility index (Phi) is 2.24. The molecule has 0 saturated heterocycles. The number of hydrogen-bond acceptors (Lipinski definition) is 3. The van der Waals surface area contributed by atoms with E-state index in [-0.39, 0.29) is 11.1 Å². The molecule has 0 amide bonds. The lowest BCUT2D eigenvalue weighted by molar-refractivity contribution is 0.519. The summed E-state index contributed by atoms with van der Waals surface area (Å²) in [4.78, 5) is 17.0. The second-order valence-corrected chi connectivity index (χ2v) is 5.54. The van der Waals surface area contributed by atoms with Gasteiger partial charge in [-0.05, 0) is 38.0 Å². The summed E-state index contributed by atoms with van der Waals surface area (Å²) in [5.74, 6) is 0.686. The standard InChI is InChI=1S/C14H17N3O/c1-4-9-5-6-10-11(7-9)15-13-16-14(2,3)8-17(13)12(10)18/h5-7H,4,8H2,1-3H3,(H,15,16). The molecule has 0 radical (unpaired) electrons. The molecule has 0 spiro atoms. The van der Waals surface area contributed by atoms with E-state index < -0.39 is 0 Å². The van der Waals surface area contributed by atoms with Crippen molar-refractivity contribution >= 4 is 16.9 Å². The van der Waals surface area contributed by atoms with Crippen LogP contribution in [-0.2, 0) is 13.0 Å². The van der Waals surface area contributed by atoms with Crippen LogP contribution in [0.15, 0.2) is 23.0 Å². The third-order valence-corrected chi connectivity index (χ3v) is 3.43. The van der Waals surface area contributed by atoms with Gasteiger partial charge in [0.15, 0.2) is 0 Å². The molecule has 4 nitrogen and oxygen atoms in total. The Morgan fingerprint density at radius 2 is 2.22 bits per heavy atom. The lowest BCUT2D eigenvalue weighted by atomic mass is 10.1. The summed E-state index contributed by atoms with van der Waals surface area (Å²) in [5, 5.41) is 4.00. The fourth-order valence-electron chi connectivity index (χ4n) is 2.47. The van der Waals surface area contributed by atoms with Crippen molar-refractivity contribution in [2.24, 2.45) is 0 Å². The van der Waals surface area contributed by atoms with Gasteiger partial charge in [0.05, 0.1) is 23.0 Å². The molecule has 0 bridgehead atoms. The normalized spacial score (nSPS) is 16.6. The average Bonchev–Trinajstić information content (AvgIpc) is 2.63. The molecule has 0 unspecified atom stereocenters. The molecule has 0 atom stereocenters. The zero-order valence-electron chi connectivity index (χ0n) is 10.9. The van der Waals surface area contributed by atoms with Crippen LogP contribution in [0.4, 0.5) is 5.95 Å².